The molecule has 0 radical (unpaired) electrons. The highest BCUT2D eigenvalue weighted by Gasteiger charge is 2.32. The first-order valence-electron chi connectivity index (χ1n) is 6.30. The molecule has 0 aliphatic carbocycles. The average Bonchev–Trinajstić information content (AvgIpc) is 2.36. The molecule has 0 saturated carbocycles. The zero-order valence-electron chi connectivity index (χ0n) is 10.7. The molecule has 0 spiro atoms. The van der Waals surface area contributed by atoms with Crippen LogP contribution in [0.1, 0.15) is 19.8 Å². The van der Waals surface area contributed by atoms with Crippen LogP contribution in [0.4, 0.5) is 11.5 Å². The number of piperidine rings is 1. The number of aromatic nitrogens is 2. The van der Waals surface area contributed by atoms with Gasteiger partial charge in [0.2, 0.25) is 5.91 Å². The molecule has 3 heterocycles. The number of hydrogen-bond donors (Lipinski definition) is 2. The summed E-state index contributed by atoms with van der Waals surface area (Å²) in [6.45, 7) is 3.19. The Hall–Kier alpha value is -1.34. The molecule has 102 valence electrons. The number of thioether (sulfide) groups is 1. The first kappa shape index (κ1) is 12.7. The van der Waals surface area contributed by atoms with E-state index in [9.17, 15) is 9.90 Å². The highest BCUT2D eigenvalue weighted by molar-refractivity contribution is 8.00. The Balaban J connectivity index is 1.94. The van der Waals surface area contributed by atoms with Crippen molar-refractivity contribution >= 4 is 29.2 Å². The minimum Gasteiger partial charge on any atom is -0.388 e. The van der Waals surface area contributed by atoms with Crippen LogP contribution in [0.3, 0.4) is 0 Å². The molecule has 2 N–H and O–H groups in total. The van der Waals surface area contributed by atoms with Crippen LogP contribution >= 0.6 is 11.8 Å². The number of hydrogen-bond acceptors (Lipinski definition) is 6. The molecule has 0 bridgehead atoms. The first-order valence-corrected chi connectivity index (χ1v) is 7.29. The third-order valence-electron chi connectivity index (χ3n) is 3.37. The van der Waals surface area contributed by atoms with Gasteiger partial charge in [0.15, 0.2) is 5.82 Å². The molecular weight excluding hydrogens is 264 g/mol. The molecule has 19 heavy (non-hydrogen) atoms. The Bertz CT molecular complexity index is 520. The predicted molar refractivity (Wildman–Crippen MR) is 73.5 cm³/mol. The maximum absolute atomic E-state index is 11.5. The lowest BCUT2D eigenvalue weighted by atomic mass is 9.95. The zero-order chi connectivity index (χ0) is 13.5. The number of nitrogens with zero attached hydrogens (tertiary/aromatic N) is 3. The summed E-state index contributed by atoms with van der Waals surface area (Å²) >= 11 is 1.42. The van der Waals surface area contributed by atoms with Gasteiger partial charge in [-0.1, -0.05) is 11.8 Å². The summed E-state index contributed by atoms with van der Waals surface area (Å²) in [5.41, 5.74) is -0.0245. The van der Waals surface area contributed by atoms with Crippen molar-refractivity contribution in [3.05, 3.63) is 6.33 Å². The molecule has 0 aromatic carbocycles. The standard InChI is InChI=1S/C12H16N4O2S/c1-12(18)3-2-4-16(6-12)10-9-11(14-7-13-10)19-5-8(17)15-9/h7,18H,2-6H2,1H3,(H,15,17). The summed E-state index contributed by atoms with van der Waals surface area (Å²) in [4.78, 5) is 22.0. The van der Waals surface area contributed by atoms with Gasteiger partial charge in [-0.2, -0.15) is 0 Å². The Morgan fingerprint density at radius 1 is 1.53 bits per heavy atom. The van der Waals surface area contributed by atoms with Crippen molar-refractivity contribution in [1.29, 1.82) is 0 Å². The van der Waals surface area contributed by atoms with Crippen molar-refractivity contribution in [3.8, 4) is 0 Å². The molecule has 3 rings (SSSR count). The molecule has 1 unspecified atom stereocenters. The van der Waals surface area contributed by atoms with E-state index in [4.69, 9.17) is 0 Å². The van der Waals surface area contributed by atoms with Gasteiger partial charge in [0.25, 0.3) is 0 Å². The van der Waals surface area contributed by atoms with Gasteiger partial charge >= 0.3 is 0 Å². The number of aliphatic hydroxyl groups is 1. The fourth-order valence-corrected chi connectivity index (χ4v) is 3.28. The third kappa shape index (κ3) is 2.52. The zero-order valence-corrected chi connectivity index (χ0v) is 11.5. The van der Waals surface area contributed by atoms with Crippen LogP contribution < -0.4 is 10.2 Å². The van der Waals surface area contributed by atoms with E-state index in [-0.39, 0.29) is 5.91 Å². The predicted octanol–water partition coefficient (Wildman–Crippen LogP) is 0.872. The first-order chi connectivity index (χ1) is 9.05. The Morgan fingerprint density at radius 2 is 2.37 bits per heavy atom. The Labute approximate surface area is 115 Å². The van der Waals surface area contributed by atoms with Crippen LogP contribution in [-0.4, -0.2) is 45.4 Å². The second kappa shape index (κ2) is 4.64. The second-order valence-electron chi connectivity index (χ2n) is 5.24. The number of fused-ring (bicyclic) bond motifs is 1. The highest BCUT2D eigenvalue weighted by Crippen LogP contribution is 2.37. The lowest BCUT2D eigenvalue weighted by Gasteiger charge is -2.38. The summed E-state index contributed by atoms with van der Waals surface area (Å²) in [6.07, 6.45) is 3.21. The van der Waals surface area contributed by atoms with Crippen LogP contribution in [-0.2, 0) is 4.79 Å². The molecule has 2 aliphatic heterocycles. The number of nitrogens with one attached hydrogen (secondary N) is 1. The summed E-state index contributed by atoms with van der Waals surface area (Å²) < 4.78 is 0. The van der Waals surface area contributed by atoms with Crippen LogP contribution in [0, 0.1) is 0 Å². The number of amides is 1. The van der Waals surface area contributed by atoms with Crippen LogP contribution in [0.15, 0.2) is 11.4 Å². The van der Waals surface area contributed by atoms with Gasteiger partial charge < -0.3 is 15.3 Å². The molecule has 1 aromatic heterocycles. The quantitative estimate of drug-likeness (QED) is 0.743. The maximum atomic E-state index is 11.5. The minimum atomic E-state index is -0.706. The van der Waals surface area contributed by atoms with Crippen molar-refractivity contribution in [2.45, 2.75) is 30.4 Å². The molecule has 2 aliphatic rings. The van der Waals surface area contributed by atoms with Crippen LogP contribution in [0.2, 0.25) is 0 Å². The molecule has 1 fully saturated rings. The van der Waals surface area contributed by atoms with Gasteiger partial charge in [0.1, 0.15) is 17.0 Å². The molecule has 7 heteroatoms. The van der Waals surface area contributed by atoms with E-state index in [0.29, 0.717) is 23.8 Å². The van der Waals surface area contributed by atoms with Crippen molar-refractivity contribution in [3.63, 3.8) is 0 Å². The van der Waals surface area contributed by atoms with E-state index in [0.717, 1.165) is 24.4 Å². The summed E-state index contributed by atoms with van der Waals surface area (Å²) in [5.74, 6) is 1.07. The number of anilines is 2. The van der Waals surface area contributed by atoms with Gasteiger partial charge in [-0.3, -0.25) is 4.79 Å². The number of carbonyl (C=O) groups excluding carboxylic acids is 1. The fourth-order valence-electron chi connectivity index (χ4n) is 2.53. The van der Waals surface area contributed by atoms with E-state index in [1.807, 2.05) is 11.8 Å². The summed E-state index contributed by atoms with van der Waals surface area (Å²) in [5, 5.41) is 13.8. The largest absolute Gasteiger partial charge is 0.388 e. The van der Waals surface area contributed by atoms with Gasteiger partial charge in [-0.15, -0.1) is 0 Å². The lowest BCUT2D eigenvalue weighted by Crippen LogP contribution is -2.46. The topological polar surface area (TPSA) is 78.3 Å². The van der Waals surface area contributed by atoms with Crippen LogP contribution in [0.25, 0.3) is 0 Å². The van der Waals surface area contributed by atoms with Crippen molar-refractivity contribution in [1.82, 2.24) is 9.97 Å². The molecule has 1 saturated heterocycles. The van der Waals surface area contributed by atoms with Gasteiger partial charge in [-0.05, 0) is 19.8 Å². The smallest absolute Gasteiger partial charge is 0.234 e. The normalized spacial score (nSPS) is 26.8. The number of carbonyl (C=O) groups is 1. The molecule has 1 aromatic rings. The maximum Gasteiger partial charge on any atom is 0.234 e. The van der Waals surface area contributed by atoms with Gasteiger partial charge in [0, 0.05) is 13.1 Å². The highest BCUT2D eigenvalue weighted by atomic mass is 32.2. The van der Waals surface area contributed by atoms with E-state index in [1.165, 1.54) is 18.1 Å². The van der Waals surface area contributed by atoms with E-state index < -0.39 is 5.60 Å². The second-order valence-corrected chi connectivity index (χ2v) is 6.20. The Morgan fingerprint density at radius 3 is 3.16 bits per heavy atom. The van der Waals surface area contributed by atoms with E-state index in [1.54, 1.807) is 0 Å². The van der Waals surface area contributed by atoms with Crippen molar-refractivity contribution in [2.24, 2.45) is 0 Å². The van der Waals surface area contributed by atoms with Gasteiger partial charge in [-0.25, -0.2) is 9.97 Å². The minimum absolute atomic E-state index is 0.0303. The van der Waals surface area contributed by atoms with Gasteiger partial charge in [0.05, 0.1) is 11.4 Å². The van der Waals surface area contributed by atoms with Crippen molar-refractivity contribution in [2.75, 3.05) is 29.1 Å². The summed E-state index contributed by atoms with van der Waals surface area (Å²) in [7, 11) is 0. The molecule has 6 nitrogen and oxygen atoms in total. The molecule has 1 amide bonds. The molecular formula is C12H16N4O2S. The number of β-amino-alcohol motifs (C(OH)–C–C–N with tert-alkyl or cyclic N) is 1. The van der Waals surface area contributed by atoms with Crippen molar-refractivity contribution < 1.29 is 9.90 Å². The SMILES string of the molecule is CC1(O)CCCN(c2ncnc3c2NC(=O)CS3)C1. The summed E-state index contributed by atoms with van der Waals surface area (Å²) in [6, 6.07) is 0. The lowest BCUT2D eigenvalue weighted by molar-refractivity contribution is -0.113. The molecule has 1 atom stereocenters. The number of rotatable bonds is 1. The Kier molecular flexibility index (Phi) is 3.10. The van der Waals surface area contributed by atoms with E-state index >= 15 is 0 Å². The van der Waals surface area contributed by atoms with E-state index in [2.05, 4.69) is 15.3 Å². The monoisotopic (exact) mass is 280 g/mol. The third-order valence-corrected chi connectivity index (χ3v) is 4.36. The average molecular weight is 280 g/mol. The van der Waals surface area contributed by atoms with Crippen LogP contribution in [0.5, 0.6) is 0 Å². The fraction of sp³-hybridized carbons (Fsp3) is 0.583.